The number of hydrogen-bond donors (Lipinski definition) is 2. The molecule has 0 aliphatic heterocycles. The fraction of sp³-hybridized carbons (Fsp3) is 0.235. The molecule has 0 spiro atoms. The van der Waals surface area contributed by atoms with E-state index in [9.17, 15) is 14.4 Å². The van der Waals surface area contributed by atoms with Crippen molar-refractivity contribution in [2.75, 3.05) is 13.2 Å². The van der Waals surface area contributed by atoms with Crippen LogP contribution >= 0.6 is 11.6 Å². The number of pyridine rings is 1. The number of aromatic nitrogens is 3. The number of imide groups is 1. The van der Waals surface area contributed by atoms with E-state index in [4.69, 9.17) is 16.3 Å². The molecule has 0 aromatic carbocycles. The minimum atomic E-state index is -0.898. The van der Waals surface area contributed by atoms with Crippen molar-refractivity contribution >= 4 is 29.5 Å². The van der Waals surface area contributed by atoms with E-state index < -0.39 is 24.5 Å². The summed E-state index contributed by atoms with van der Waals surface area (Å²) in [7, 11) is 0. The molecule has 2 aromatic heterocycles. The normalized spacial score (nSPS) is 10.2. The summed E-state index contributed by atoms with van der Waals surface area (Å²) in [5.41, 5.74) is 1.46. The van der Waals surface area contributed by atoms with Gasteiger partial charge in [-0.2, -0.15) is 5.10 Å². The van der Waals surface area contributed by atoms with Crippen LogP contribution in [0.25, 0.3) is 5.82 Å². The Labute approximate surface area is 160 Å². The van der Waals surface area contributed by atoms with Gasteiger partial charge in [-0.1, -0.05) is 17.7 Å². The Hall–Kier alpha value is -3.20. The second-order valence-corrected chi connectivity index (χ2v) is 5.87. The average molecular weight is 392 g/mol. The lowest BCUT2D eigenvalue weighted by molar-refractivity contribution is -0.123. The lowest BCUT2D eigenvalue weighted by atomic mass is 10.3. The largest absolute Gasteiger partial charge is 0.451 e. The molecule has 0 saturated carbocycles. The van der Waals surface area contributed by atoms with Gasteiger partial charge in [0.1, 0.15) is 0 Å². The van der Waals surface area contributed by atoms with Crippen LogP contribution in [0, 0.1) is 13.8 Å². The SMILES string of the molecule is C=CCNC(=O)NC(=O)COC(=O)c1nc(-n2nc(C)cc2C)ccc1Cl. The molecule has 9 nitrogen and oxygen atoms in total. The zero-order chi connectivity index (χ0) is 20.0. The molecule has 3 amide bonds. The molecule has 27 heavy (non-hydrogen) atoms. The molecule has 0 saturated heterocycles. The lowest BCUT2D eigenvalue weighted by Crippen LogP contribution is -2.41. The van der Waals surface area contributed by atoms with Gasteiger partial charge in [-0.15, -0.1) is 6.58 Å². The average Bonchev–Trinajstić information content (AvgIpc) is 2.96. The van der Waals surface area contributed by atoms with Gasteiger partial charge in [-0.25, -0.2) is 19.3 Å². The van der Waals surface area contributed by atoms with E-state index in [1.807, 2.05) is 25.2 Å². The zero-order valence-electron chi connectivity index (χ0n) is 14.8. The van der Waals surface area contributed by atoms with Crippen LogP contribution in [0.2, 0.25) is 5.02 Å². The Kier molecular flexibility index (Phi) is 6.67. The van der Waals surface area contributed by atoms with Crippen LogP contribution in [0.4, 0.5) is 4.79 Å². The number of carbonyl (C=O) groups excluding carboxylic acids is 3. The third-order valence-corrected chi connectivity index (χ3v) is 3.55. The van der Waals surface area contributed by atoms with Gasteiger partial charge in [0, 0.05) is 12.2 Å². The van der Waals surface area contributed by atoms with Gasteiger partial charge in [-0.05, 0) is 32.0 Å². The van der Waals surface area contributed by atoms with Crippen molar-refractivity contribution in [1.82, 2.24) is 25.4 Å². The highest BCUT2D eigenvalue weighted by Crippen LogP contribution is 2.18. The zero-order valence-corrected chi connectivity index (χ0v) is 15.5. The van der Waals surface area contributed by atoms with Gasteiger partial charge in [-0.3, -0.25) is 10.1 Å². The second-order valence-electron chi connectivity index (χ2n) is 5.46. The monoisotopic (exact) mass is 391 g/mol. The minimum absolute atomic E-state index is 0.0643. The van der Waals surface area contributed by atoms with Gasteiger partial charge < -0.3 is 10.1 Å². The van der Waals surface area contributed by atoms with Crippen LogP contribution in [-0.2, 0) is 9.53 Å². The van der Waals surface area contributed by atoms with Crippen molar-refractivity contribution in [3.63, 3.8) is 0 Å². The number of nitrogens with one attached hydrogen (secondary N) is 2. The molecule has 0 atom stereocenters. The van der Waals surface area contributed by atoms with Crippen LogP contribution < -0.4 is 10.6 Å². The summed E-state index contributed by atoms with van der Waals surface area (Å²) in [6, 6.07) is 4.23. The number of ether oxygens (including phenoxy) is 1. The van der Waals surface area contributed by atoms with Crippen LogP contribution in [-0.4, -0.2) is 45.8 Å². The number of halogens is 1. The first-order valence-electron chi connectivity index (χ1n) is 7.87. The van der Waals surface area contributed by atoms with Crippen molar-refractivity contribution in [2.24, 2.45) is 0 Å². The smallest absolute Gasteiger partial charge is 0.359 e. The van der Waals surface area contributed by atoms with Crippen LogP contribution in [0.5, 0.6) is 0 Å². The maximum Gasteiger partial charge on any atom is 0.359 e. The van der Waals surface area contributed by atoms with Gasteiger partial charge in [0.25, 0.3) is 5.91 Å². The summed E-state index contributed by atoms with van der Waals surface area (Å²) < 4.78 is 6.43. The van der Waals surface area contributed by atoms with Crippen LogP contribution in [0.1, 0.15) is 21.9 Å². The topological polar surface area (TPSA) is 115 Å². The highest BCUT2D eigenvalue weighted by atomic mass is 35.5. The first-order valence-corrected chi connectivity index (χ1v) is 8.25. The second kappa shape index (κ2) is 8.95. The van der Waals surface area contributed by atoms with E-state index in [0.717, 1.165) is 11.4 Å². The standard InChI is InChI=1S/C17H18ClN5O4/c1-4-7-19-17(26)21-14(24)9-27-16(25)15-12(18)5-6-13(20-15)23-11(3)8-10(2)22-23/h4-6,8H,1,7,9H2,2-3H3,(H2,19,21,24,26). The minimum Gasteiger partial charge on any atom is -0.451 e. The van der Waals surface area contributed by atoms with Crippen LogP contribution in [0.3, 0.4) is 0 Å². The van der Waals surface area contributed by atoms with Crippen molar-refractivity contribution in [1.29, 1.82) is 0 Å². The number of esters is 1. The fourth-order valence-corrected chi connectivity index (χ4v) is 2.31. The molecule has 142 valence electrons. The molecule has 0 unspecified atom stereocenters. The van der Waals surface area contributed by atoms with Crippen molar-refractivity contribution in [2.45, 2.75) is 13.8 Å². The maximum absolute atomic E-state index is 12.2. The Morgan fingerprint density at radius 2 is 2.07 bits per heavy atom. The molecule has 0 aliphatic carbocycles. The van der Waals surface area contributed by atoms with E-state index in [1.54, 1.807) is 10.7 Å². The maximum atomic E-state index is 12.2. The molecule has 2 heterocycles. The highest BCUT2D eigenvalue weighted by Gasteiger charge is 2.18. The molecule has 0 bridgehead atoms. The number of urea groups is 1. The third kappa shape index (κ3) is 5.38. The Bertz CT molecular complexity index is 893. The highest BCUT2D eigenvalue weighted by molar-refractivity contribution is 6.33. The van der Waals surface area contributed by atoms with E-state index in [0.29, 0.717) is 5.82 Å². The number of amides is 3. The summed E-state index contributed by atoms with van der Waals surface area (Å²) in [4.78, 5) is 39.3. The van der Waals surface area contributed by atoms with E-state index >= 15 is 0 Å². The summed E-state index contributed by atoms with van der Waals surface area (Å²) >= 11 is 6.01. The first kappa shape index (κ1) is 20.1. The lowest BCUT2D eigenvalue weighted by Gasteiger charge is -2.09. The molecule has 0 radical (unpaired) electrons. The van der Waals surface area contributed by atoms with Crippen molar-refractivity contribution < 1.29 is 19.1 Å². The van der Waals surface area contributed by atoms with Gasteiger partial charge in [0.05, 0.1) is 10.7 Å². The van der Waals surface area contributed by atoms with Gasteiger partial charge in [0.15, 0.2) is 18.1 Å². The first-order chi connectivity index (χ1) is 12.8. The van der Waals surface area contributed by atoms with E-state index in [-0.39, 0.29) is 17.3 Å². The predicted molar refractivity (Wildman–Crippen MR) is 97.9 cm³/mol. The number of aryl methyl sites for hydroxylation is 2. The molecule has 10 heteroatoms. The van der Waals surface area contributed by atoms with Crippen molar-refractivity contribution in [3.05, 3.63) is 53.0 Å². The molecular formula is C17H18ClN5O4. The van der Waals surface area contributed by atoms with Gasteiger partial charge >= 0.3 is 12.0 Å². The number of hydrogen-bond acceptors (Lipinski definition) is 6. The molecule has 2 aromatic rings. The summed E-state index contributed by atoms with van der Waals surface area (Å²) in [6.07, 6.45) is 1.45. The molecule has 2 N–H and O–H groups in total. The molecule has 0 aliphatic rings. The Morgan fingerprint density at radius 1 is 1.33 bits per heavy atom. The van der Waals surface area contributed by atoms with Crippen molar-refractivity contribution in [3.8, 4) is 5.82 Å². The third-order valence-electron chi connectivity index (χ3n) is 3.25. The molecular weight excluding hydrogens is 374 g/mol. The Balaban J connectivity index is 2.05. The molecule has 0 fully saturated rings. The number of carbonyl (C=O) groups is 3. The summed E-state index contributed by atoms with van der Waals surface area (Å²) in [5, 5.41) is 8.70. The molecule has 2 rings (SSSR count). The van der Waals surface area contributed by atoms with E-state index in [1.165, 1.54) is 12.1 Å². The summed E-state index contributed by atoms with van der Waals surface area (Å²) in [6.45, 7) is 6.63. The fourth-order valence-electron chi connectivity index (χ4n) is 2.13. The summed E-state index contributed by atoms with van der Waals surface area (Å²) in [5.74, 6) is -1.31. The number of rotatable bonds is 6. The predicted octanol–water partition coefficient (Wildman–Crippen LogP) is 1.71. The Morgan fingerprint density at radius 3 is 2.70 bits per heavy atom. The van der Waals surface area contributed by atoms with Gasteiger partial charge in [0.2, 0.25) is 0 Å². The van der Waals surface area contributed by atoms with E-state index in [2.05, 4.69) is 22.0 Å². The quantitative estimate of drug-likeness (QED) is 0.572. The number of nitrogens with zero attached hydrogens (tertiary/aromatic N) is 3. The van der Waals surface area contributed by atoms with Crippen LogP contribution in [0.15, 0.2) is 30.9 Å².